The van der Waals surface area contributed by atoms with Gasteiger partial charge in [-0.15, -0.1) is 0 Å². The van der Waals surface area contributed by atoms with Crippen molar-refractivity contribution in [2.75, 3.05) is 0 Å². The number of aliphatic hydroxyl groups is 1. The van der Waals surface area contributed by atoms with Gasteiger partial charge in [0.15, 0.2) is 0 Å². The molecule has 0 aliphatic rings. The molecule has 2 atom stereocenters. The van der Waals surface area contributed by atoms with Crippen molar-refractivity contribution >= 4 is 10.1 Å². The maximum atomic E-state index is 11.1. The molecular weight excluding hydrogens is 339 g/mol. The quantitative estimate of drug-likeness (QED) is 0.267. The zero-order valence-electron chi connectivity index (χ0n) is 15.4. The van der Waals surface area contributed by atoms with E-state index in [1.165, 1.54) is 32.1 Å². The van der Waals surface area contributed by atoms with E-state index in [0.717, 1.165) is 38.5 Å². The molecule has 0 saturated heterocycles. The van der Waals surface area contributed by atoms with E-state index in [1.54, 1.807) is 0 Å². The van der Waals surface area contributed by atoms with Crippen molar-refractivity contribution in [2.24, 2.45) is 0 Å². The normalized spacial score (nSPS) is 14.3. The minimum absolute atomic E-state index is 0. The van der Waals surface area contributed by atoms with Gasteiger partial charge in [-0.05, 0) is 26.2 Å². The largest absolute Gasteiger partial charge is 1.00 e. The molecule has 23 heavy (non-hydrogen) atoms. The van der Waals surface area contributed by atoms with Gasteiger partial charge in [-0.3, -0.25) is 0 Å². The summed E-state index contributed by atoms with van der Waals surface area (Å²) in [7, 11) is -4.11. The summed E-state index contributed by atoms with van der Waals surface area (Å²) in [5.41, 5.74) is 0. The van der Waals surface area contributed by atoms with Gasteiger partial charge in [0.2, 0.25) is 0 Å². The molecule has 0 aromatic heterocycles. The molecule has 0 aliphatic heterocycles. The topological polar surface area (TPSA) is 77.4 Å². The summed E-state index contributed by atoms with van der Waals surface area (Å²) in [5.74, 6) is 0. The fourth-order valence-electron chi connectivity index (χ4n) is 2.80. The number of hydrogen-bond donors (Lipinski definition) is 1. The molecule has 0 bridgehead atoms. The van der Waals surface area contributed by atoms with Crippen LogP contribution in [0.3, 0.4) is 0 Å². The van der Waals surface area contributed by atoms with E-state index < -0.39 is 15.4 Å². The molecule has 0 aliphatic carbocycles. The molecule has 0 rings (SSSR count). The SMILES string of the molecule is CCCC(CCCCCCCCCCCC(C)O)S(=O)(=O)[O-].[K+]. The van der Waals surface area contributed by atoms with E-state index in [4.69, 9.17) is 5.11 Å². The van der Waals surface area contributed by atoms with Crippen LogP contribution in [0.1, 0.15) is 97.3 Å². The molecule has 0 saturated carbocycles. The van der Waals surface area contributed by atoms with Gasteiger partial charge in [-0.1, -0.05) is 71.1 Å². The van der Waals surface area contributed by atoms with E-state index in [2.05, 4.69) is 0 Å². The van der Waals surface area contributed by atoms with Crippen LogP contribution in [0.5, 0.6) is 0 Å². The van der Waals surface area contributed by atoms with Crippen LogP contribution in [-0.2, 0) is 10.1 Å². The zero-order chi connectivity index (χ0) is 16.8. The van der Waals surface area contributed by atoms with Crippen molar-refractivity contribution in [1.82, 2.24) is 0 Å². The Labute approximate surface area is 186 Å². The molecule has 6 heteroatoms. The predicted octanol–water partition coefficient (Wildman–Crippen LogP) is 1.38. The monoisotopic (exact) mass is 374 g/mol. The third kappa shape index (κ3) is 18.1. The number of aliphatic hydroxyl groups excluding tert-OH is 1. The first-order chi connectivity index (χ1) is 10.4. The van der Waals surface area contributed by atoms with Crippen LogP contribution in [-0.4, -0.2) is 29.4 Å². The summed E-state index contributed by atoms with van der Waals surface area (Å²) in [5, 5.41) is 8.47. The standard InChI is InChI=1S/C17H36O4S.K/c1-3-13-17(22(19,20)21)15-12-10-8-6-4-5-7-9-11-14-16(2)18;/h16-18H,3-15H2,1-2H3,(H,19,20,21);/q;+1/p-1. The molecular formula is C17H35KO4S. The van der Waals surface area contributed by atoms with Gasteiger partial charge in [0.1, 0.15) is 0 Å². The van der Waals surface area contributed by atoms with Crippen LogP contribution in [0.2, 0.25) is 0 Å². The first kappa shape index (κ1) is 26.7. The van der Waals surface area contributed by atoms with Gasteiger partial charge in [-0.25, -0.2) is 8.42 Å². The van der Waals surface area contributed by atoms with Crippen molar-refractivity contribution in [3.05, 3.63) is 0 Å². The first-order valence-corrected chi connectivity index (χ1v) is 10.5. The summed E-state index contributed by atoms with van der Waals surface area (Å²) in [4.78, 5) is 0. The summed E-state index contributed by atoms with van der Waals surface area (Å²) in [6, 6.07) is 0. The minimum Gasteiger partial charge on any atom is -0.748 e. The second-order valence-corrected chi connectivity index (χ2v) is 8.16. The van der Waals surface area contributed by atoms with Crippen molar-refractivity contribution in [3.63, 3.8) is 0 Å². The first-order valence-electron chi connectivity index (χ1n) is 9.00. The zero-order valence-corrected chi connectivity index (χ0v) is 19.4. The van der Waals surface area contributed by atoms with Gasteiger partial charge in [0.25, 0.3) is 0 Å². The Balaban J connectivity index is 0. The molecule has 134 valence electrons. The molecule has 0 fully saturated rings. The molecule has 0 radical (unpaired) electrons. The molecule has 0 spiro atoms. The smallest absolute Gasteiger partial charge is 0.748 e. The summed E-state index contributed by atoms with van der Waals surface area (Å²) < 4.78 is 33.3. The minimum atomic E-state index is -4.11. The Morgan fingerprint density at radius 3 is 1.57 bits per heavy atom. The Kier molecular flexibility index (Phi) is 19.7. The fourth-order valence-corrected chi connectivity index (χ4v) is 3.78. The Morgan fingerprint density at radius 2 is 1.22 bits per heavy atom. The number of hydrogen-bond acceptors (Lipinski definition) is 4. The third-order valence-electron chi connectivity index (χ3n) is 4.17. The van der Waals surface area contributed by atoms with Gasteiger partial charge < -0.3 is 9.66 Å². The van der Waals surface area contributed by atoms with E-state index in [1.807, 2.05) is 13.8 Å². The van der Waals surface area contributed by atoms with Crippen molar-refractivity contribution in [1.29, 1.82) is 0 Å². The molecule has 0 aromatic carbocycles. The number of rotatable bonds is 15. The van der Waals surface area contributed by atoms with Crippen molar-refractivity contribution in [3.8, 4) is 0 Å². The van der Waals surface area contributed by atoms with Crippen molar-refractivity contribution < 1.29 is 69.5 Å². The molecule has 0 amide bonds. The fraction of sp³-hybridized carbons (Fsp3) is 1.00. The second-order valence-electron chi connectivity index (χ2n) is 6.51. The van der Waals surface area contributed by atoms with Crippen LogP contribution in [0.25, 0.3) is 0 Å². The van der Waals surface area contributed by atoms with Crippen LogP contribution >= 0.6 is 0 Å². The van der Waals surface area contributed by atoms with Gasteiger partial charge in [-0.2, -0.15) is 0 Å². The van der Waals surface area contributed by atoms with Crippen LogP contribution in [0, 0.1) is 0 Å². The number of unbranched alkanes of at least 4 members (excludes halogenated alkanes) is 8. The Hall–Kier alpha value is 1.51. The van der Waals surface area contributed by atoms with Crippen LogP contribution < -0.4 is 51.4 Å². The molecule has 2 unspecified atom stereocenters. The molecule has 0 aromatic rings. The van der Waals surface area contributed by atoms with Crippen LogP contribution in [0.15, 0.2) is 0 Å². The third-order valence-corrected chi connectivity index (χ3v) is 5.45. The molecule has 1 N–H and O–H groups in total. The van der Waals surface area contributed by atoms with E-state index in [9.17, 15) is 13.0 Å². The van der Waals surface area contributed by atoms with Gasteiger partial charge in [0.05, 0.1) is 16.2 Å². The summed E-state index contributed by atoms with van der Waals surface area (Å²) in [6.07, 6.45) is 12.7. The average Bonchev–Trinajstić information content (AvgIpc) is 2.42. The summed E-state index contributed by atoms with van der Waals surface area (Å²) >= 11 is 0. The maximum absolute atomic E-state index is 11.1. The molecule has 0 heterocycles. The molecule has 4 nitrogen and oxygen atoms in total. The maximum Gasteiger partial charge on any atom is 1.00 e. The van der Waals surface area contributed by atoms with Crippen LogP contribution in [0.4, 0.5) is 0 Å². The van der Waals surface area contributed by atoms with E-state index >= 15 is 0 Å². The van der Waals surface area contributed by atoms with Gasteiger partial charge in [0, 0.05) is 5.25 Å². The second kappa shape index (κ2) is 16.9. The van der Waals surface area contributed by atoms with E-state index in [0.29, 0.717) is 12.8 Å². The van der Waals surface area contributed by atoms with Crippen molar-refractivity contribution in [2.45, 2.75) is 109 Å². The Bertz CT molecular complexity index is 345. The summed E-state index contributed by atoms with van der Waals surface area (Å²) in [6.45, 7) is 3.75. The van der Waals surface area contributed by atoms with Gasteiger partial charge >= 0.3 is 51.4 Å². The van der Waals surface area contributed by atoms with E-state index in [-0.39, 0.29) is 57.5 Å². The average molecular weight is 375 g/mol. The predicted molar refractivity (Wildman–Crippen MR) is 90.9 cm³/mol. The Morgan fingerprint density at radius 1 is 0.826 bits per heavy atom.